The van der Waals surface area contributed by atoms with Gasteiger partial charge in [0.2, 0.25) is 0 Å². The molecule has 0 aliphatic rings. The van der Waals surface area contributed by atoms with Crippen LogP contribution in [-0.4, -0.2) is 21.3 Å². The van der Waals surface area contributed by atoms with E-state index in [1.807, 2.05) is 6.92 Å². The van der Waals surface area contributed by atoms with Crippen LogP contribution in [0.5, 0.6) is 0 Å². The maximum atomic E-state index is 5.70. The molecule has 1 unspecified atom stereocenters. The normalized spacial score (nSPS) is 13.1. The highest BCUT2D eigenvalue weighted by Crippen LogP contribution is 2.11. The first-order valence-corrected chi connectivity index (χ1v) is 5.81. The molecule has 2 N–H and O–H groups in total. The van der Waals surface area contributed by atoms with Gasteiger partial charge in [-0.15, -0.1) is 10.2 Å². The van der Waals surface area contributed by atoms with Gasteiger partial charge in [0.15, 0.2) is 0 Å². The molecule has 0 amide bonds. The van der Waals surface area contributed by atoms with Crippen molar-refractivity contribution in [3.8, 4) is 0 Å². The zero-order valence-corrected chi connectivity index (χ0v) is 10.0. The van der Waals surface area contributed by atoms with E-state index in [0.717, 1.165) is 44.0 Å². The maximum Gasteiger partial charge on any atom is 0.133 e. The van der Waals surface area contributed by atoms with Gasteiger partial charge in [0.1, 0.15) is 11.6 Å². The summed E-state index contributed by atoms with van der Waals surface area (Å²) in [6, 6.07) is 0. The van der Waals surface area contributed by atoms with Crippen LogP contribution in [0.15, 0.2) is 0 Å². The van der Waals surface area contributed by atoms with Crippen molar-refractivity contribution in [2.24, 2.45) is 11.7 Å². The van der Waals surface area contributed by atoms with Crippen molar-refractivity contribution in [1.82, 2.24) is 14.8 Å². The third-order valence-electron chi connectivity index (χ3n) is 2.84. The van der Waals surface area contributed by atoms with E-state index in [0.29, 0.717) is 5.92 Å². The van der Waals surface area contributed by atoms with Gasteiger partial charge in [-0.25, -0.2) is 0 Å². The van der Waals surface area contributed by atoms with Crippen molar-refractivity contribution in [3.05, 3.63) is 11.6 Å². The molecule has 1 aromatic heterocycles. The Hall–Kier alpha value is -0.900. The summed E-state index contributed by atoms with van der Waals surface area (Å²) in [4.78, 5) is 0. The van der Waals surface area contributed by atoms with Crippen molar-refractivity contribution in [1.29, 1.82) is 0 Å². The Morgan fingerprint density at radius 1 is 1.33 bits per heavy atom. The first kappa shape index (κ1) is 12.2. The number of aryl methyl sites for hydroxylation is 1. The quantitative estimate of drug-likeness (QED) is 0.774. The van der Waals surface area contributed by atoms with Crippen molar-refractivity contribution < 1.29 is 0 Å². The molecule has 0 aliphatic heterocycles. The summed E-state index contributed by atoms with van der Waals surface area (Å²) in [5.41, 5.74) is 5.70. The lowest BCUT2D eigenvalue weighted by Gasteiger charge is -2.12. The molecule has 0 spiro atoms. The average molecular weight is 210 g/mol. The van der Waals surface area contributed by atoms with Crippen molar-refractivity contribution in [2.45, 2.75) is 46.6 Å². The molecule has 0 fully saturated rings. The number of aromatic nitrogens is 3. The topological polar surface area (TPSA) is 56.7 Å². The highest BCUT2D eigenvalue weighted by molar-refractivity contribution is 4.95. The fourth-order valence-corrected chi connectivity index (χ4v) is 1.74. The van der Waals surface area contributed by atoms with Gasteiger partial charge < -0.3 is 10.3 Å². The molecule has 86 valence electrons. The van der Waals surface area contributed by atoms with E-state index in [-0.39, 0.29) is 0 Å². The Kier molecular flexibility index (Phi) is 4.75. The van der Waals surface area contributed by atoms with Crippen LogP contribution in [0.2, 0.25) is 0 Å². The van der Waals surface area contributed by atoms with Crippen molar-refractivity contribution in [3.63, 3.8) is 0 Å². The summed E-state index contributed by atoms with van der Waals surface area (Å²) in [6.45, 7) is 8.09. The molecule has 0 aromatic carbocycles. The molecule has 1 atom stereocenters. The first-order valence-electron chi connectivity index (χ1n) is 5.81. The second-order valence-electron chi connectivity index (χ2n) is 4.03. The lowest BCUT2D eigenvalue weighted by Crippen LogP contribution is -2.18. The van der Waals surface area contributed by atoms with Crippen LogP contribution in [0.1, 0.15) is 38.3 Å². The number of hydrogen-bond donors (Lipinski definition) is 1. The molecule has 0 bridgehead atoms. The molecule has 0 aliphatic carbocycles. The van der Waals surface area contributed by atoms with Crippen LogP contribution in [0.4, 0.5) is 0 Å². The van der Waals surface area contributed by atoms with Gasteiger partial charge >= 0.3 is 0 Å². The van der Waals surface area contributed by atoms with Gasteiger partial charge in [0.25, 0.3) is 0 Å². The van der Waals surface area contributed by atoms with Gasteiger partial charge in [-0.05, 0) is 25.8 Å². The molecule has 1 heterocycles. The summed E-state index contributed by atoms with van der Waals surface area (Å²) in [5.74, 6) is 2.63. The second kappa shape index (κ2) is 5.85. The fourth-order valence-electron chi connectivity index (χ4n) is 1.74. The molecule has 0 saturated carbocycles. The Bertz CT molecular complexity index is 289. The standard InChI is InChI=1S/C11H22N4/c1-4-6-15-9(3)13-14-11(15)7-10(5-2)8-12/h10H,4-8,12H2,1-3H3. The Balaban J connectivity index is 2.75. The predicted molar refractivity (Wildman–Crippen MR) is 61.6 cm³/mol. The molecule has 1 aromatic rings. The van der Waals surface area contributed by atoms with Gasteiger partial charge in [-0.2, -0.15) is 0 Å². The molecule has 4 nitrogen and oxygen atoms in total. The van der Waals surface area contributed by atoms with Crippen LogP contribution in [0.25, 0.3) is 0 Å². The summed E-state index contributed by atoms with van der Waals surface area (Å²) in [5, 5.41) is 8.36. The molecule has 4 heteroatoms. The van der Waals surface area contributed by atoms with Gasteiger partial charge in [-0.1, -0.05) is 20.3 Å². The van der Waals surface area contributed by atoms with E-state index in [1.165, 1.54) is 0 Å². The minimum atomic E-state index is 0.532. The summed E-state index contributed by atoms with van der Waals surface area (Å²) in [6.07, 6.45) is 3.17. The lowest BCUT2D eigenvalue weighted by molar-refractivity contribution is 0.485. The minimum Gasteiger partial charge on any atom is -0.330 e. The van der Waals surface area contributed by atoms with Crippen molar-refractivity contribution in [2.75, 3.05) is 6.54 Å². The molecule has 15 heavy (non-hydrogen) atoms. The molecule has 0 radical (unpaired) electrons. The zero-order valence-electron chi connectivity index (χ0n) is 10.0. The number of hydrogen-bond acceptors (Lipinski definition) is 3. The monoisotopic (exact) mass is 210 g/mol. The largest absolute Gasteiger partial charge is 0.330 e. The lowest BCUT2D eigenvalue weighted by atomic mass is 10.0. The third kappa shape index (κ3) is 3.02. The Labute approximate surface area is 91.9 Å². The van der Waals surface area contributed by atoms with Gasteiger partial charge in [0.05, 0.1) is 0 Å². The number of nitrogens with two attached hydrogens (primary N) is 1. The predicted octanol–water partition coefficient (Wildman–Crippen LogP) is 1.52. The highest BCUT2D eigenvalue weighted by atomic mass is 15.3. The zero-order chi connectivity index (χ0) is 11.3. The van der Waals surface area contributed by atoms with Crippen LogP contribution >= 0.6 is 0 Å². The van der Waals surface area contributed by atoms with E-state index in [4.69, 9.17) is 5.73 Å². The van der Waals surface area contributed by atoms with E-state index in [1.54, 1.807) is 0 Å². The molecule has 0 saturated heterocycles. The number of rotatable bonds is 6. The van der Waals surface area contributed by atoms with E-state index in [9.17, 15) is 0 Å². The van der Waals surface area contributed by atoms with E-state index < -0.39 is 0 Å². The van der Waals surface area contributed by atoms with E-state index in [2.05, 4.69) is 28.6 Å². The van der Waals surface area contributed by atoms with Gasteiger partial charge in [0, 0.05) is 13.0 Å². The molecular formula is C11H22N4. The van der Waals surface area contributed by atoms with E-state index >= 15 is 0 Å². The summed E-state index contributed by atoms with van der Waals surface area (Å²) in [7, 11) is 0. The van der Waals surface area contributed by atoms with Crippen LogP contribution in [-0.2, 0) is 13.0 Å². The maximum absolute atomic E-state index is 5.70. The summed E-state index contributed by atoms with van der Waals surface area (Å²) >= 11 is 0. The minimum absolute atomic E-state index is 0.532. The third-order valence-corrected chi connectivity index (χ3v) is 2.84. The van der Waals surface area contributed by atoms with Crippen LogP contribution in [0, 0.1) is 12.8 Å². The van der Waals surface area contributed by atoms with Gasteiger partial charge in [-0.3, -0.25) is 0 Å². The Morgan fingerprint density at radius 2 is 2.07 bits per heavy atom. The SMILES string of the molecule is CCCn1c(C)nnc1CC(CC)CN. The molecular weight excluding hydrogens is 188 g/mol. The average Bonchev–Trinajstić information content (AvgIpc) is 2.58. The Morgan fingerprint density at radius 3 is 2.60 bits per heavy atom. The fraction of sp³-hybridized carbons (Fsp3) is 0.818. The van der Waals surface area contributed by atoms with Crippen LogP contribution in [0.3, 0.4) is 0 Å². The molecule has 1 rings (SSSR count). The summed E-state index contributed by atoms with van der Waals surface area (Å²) < 4.78 is 2.21. The first-order chi connectivity index (χ1) is 7.22. The highest BCUT2D eigenvalue weighted by Gasteiger charge is 2.12. The van der Waals surface area contributed by atoms with Crippen molar-refractivity contribution >= 4 is 0 Å². The smallest absolute Gasteiger partial charge is 0.133 e. The second-order valence-corrected chi connectivity index (χ2v) is 4.03. The number of nitrogens with zero attached hydrogens (tertiary/aromatic N) is 3. The van der Waals surface area contributed by atoms with Crippen LogP contribution < -0.4 is 5.73 Å².